The SMILES string of the molecule is CCC(C)(CO)C(=O)OC(C)CC(O)(C(F)(F)F)C(F)(F)F. The monoisotopic (exact) mass is 340 g/mol. The third-order valence-corrected chi connectivity index (χ3v) is 3.45. The Morgan fingerprint density at radius 3 is 1.82 bits per heavy atom. The molecule has 0 saturated carbocycles. The van der Waals surface area contributed by atoms with Gasteiger partial charge in [-0.1, -0.05) is 6.92 Å². The molecule has 0 saturated heterocycles. The topological polar surface area (TPSA) is 66.8 Å². The van der Waals surface area contributed by atoms with Crippen molar-refractivity contribution in [3.63, 3.8) is 0 Å². The summed E-state index contributed by atoms with van der Waals surface area (Å²) in [6.45, 7) is 2.86. The maximum Gasteiger partial charge on any atom is 0.426 e. The number of aliphatic hydroxyl groups excluding tert-OH is 1. The van der Waals surface area contributed by atoms with E-state index in [4.69, 9.17) is 10.2 Å². The highest BCUT2D eigenvalue weighted by molar-refractivity contribution is 5.76. The second kappa shape index (κ2) is 6.61. The standard InChI is InChI=1S/C12H18F6O4/c1-4-9(3,6-19)8(20)22-7(2)5-10(21,11(13,14)15)12(16,17)18/h7,19,21H,4-6H2,1-3H3. The number of aliphatic hydroxyl groups is 2. The van der Waals surface area contributed by atoms with Crippen molar-refractivity contribution in [3.8, 4) is 0 Å². The van der Waals surface area contributed by atoms with E-state index in [1.54, 1.807) is 0 Å². The van der Waals surface area contributed by atoms with E-state index in [1.165, 1.54) is 13.8 Å². The average Bonchev–Trinajstić information content (AvgIpc) is 2.34. The van der Waals surface area contributed by atoms with E-state index in [-0.39, 0.29) is 6.42 Å². The number of alkyl halides is 6. The number of carbonyl (C=O) groups excluding carboxylic acids is 1. The summed E-state index contributed by atoms with van der Waals surface area (Å²) in [5.74, 6) is -1.14. The van der Waals surface area contributed by atoms with Crippen LogP contribution in [0.2, 0.25) is 0 Å². The molecule has 22 heavy (non-hydrogen) atoms. The summed E-state index contributed by atoms with van der Waals surface area (Å²) in [7, 11) is 0. The molecule has 0 rings (SSSR count). The summed E-state index contributed by atoms with van der Waals surface area (Å²) < 4.78 is 79.6. The molecule has 10 heteroatoms. The second-order valence-electron chi connectivity index (χ2n) is 5.35. The molecule has 0 aliphatic carbocycles. The fourth-order valence-corrected chi connectivity index (χ4v) is 1.50. The number of rotatable bonds is 6. The van der Waals surface area contributed by atoms with Crippen molar-refractivity contribution in [2.45, 2.75) is 57.7 Å². The Hall–Kier alpha value is -1.03. The molecular formula is C12H18F6O4. The van der Waals surface area contributed by atoms with Crippen molar-refractivity contribution in [2.75, 3.05) is 6.61 Å². The Balaban J connectivity index is 5.18. The predicted octanol–water partition coefficient (Wildman–Crippen LogP) is 2.57. The molecule has 0 spiro atoms. The van der Waals surface area contributed by atoms with E-state index in [0.29, 0.717) is 0 Å². The lowest BCUT2D eigenvalue weighted by Crippen LogP contribution is -2.58. The molecule has 0 heterocycles. The molecule has 4 nitrogen and oxygen atoms in total. The normalized spacial score (nSPS) is 17.8. The van der Waals surface area contributed by atoms with Crippen molar-refractivity contribution in [2.24, 2.45) is 5.41 Å². The van der Waals surface area contributed by atoms with Crippen molar-refractivity contribution >= 4 is 5.97 Å². The van der Waals surface area contributed by atoms with Crippen LogP contribution in [-0.2, 0) is 9.53 Å². The number of ether oxygens (including phenoxy) is 1. The zero-order valence-corrected chi connectivity index (χ0v) is 12.2. The van der Waals surface area contributed by atoms with Crippen molar-refractivity contribution in [1.82, 2.24) is 0 Å². The summed E-state index contributed by atoms with van der Waals surface area (Å²) in [5.41, 5.74) is -6.43. The number of hydrogen-bond donors (Lipinski definition) is 2. The molecule has 0 aromatic rings. The molecule has 0 aliphatic rings. The molecule has 0 aliphatic heterocycles. The van der Waals surface area contributed by atoms with Gasteiger partial charge in [0, 0.05) is 6.42 Å². The van der Waals surface area contributed by atoms with Crippen LogP contribution in [0, 0.1) is 5.41 Å². The summed E-state index contributed by atoms with van der Waals surface area (Å²) in [6, 6.07) is 0. The van der Waals surface area contributed by atoms with Crippen LogP contribution in [0.25, 0.3) is 0 Å². The average molecular weight is 340 g/mol. The molecule has 0 bridgehead atoms. The molecule has 0 amide bonds. The van der Waals surface area contributed by atoms with Gasteiger partial charge in [-0.3, -0.25) is 4.79 Å². The second-order valence-corrected chi connectivity index (χ2v) is 5.35. The van der Waals surface area contributed by atoms with Crippen LogP contribution in [0.15, 0.2) is 0 Å². The van der Waals surface area contributed by atoms with Gasteiger partial charge in [-0.25, -0.2) is 0 Å². The highest BCUT2D eigenvalue weighted by Gasteiger charge is 2.70. The minimum atomic E-state index is -5.98. The molecular weight excluding hydrogens is 322 g/mol. The van der Waals surface area contributed by atoms with E-state index in [1.807, 2.05) is 0 Å². The van der Waals surface area contributed by atoms with E-state index in [0.717, 1.165) is 6.92 Å². The van der Waals surface area contributed by atoms with Crippen LogP contribution in [0.5, 0.6) is 0 Å². The molecule has 0 aromatic heterocycles. The van der Waals surface area contributed by atoms with Gasteiger partial charge in [-0.15, -0.1) is 0 Å². The van der Waals surface area contributed by atoms with Gasteiger partial charge in [0.1, 0.15) is 6.10 Å². The molecule has 0 radical (unpaired) electrons. The highest BCUT2D eigenvalue weighted by atomic mass is 19.4. The van der Waals surface area contributed by atoms with Gasteiger partial charge >= 0.3 is 18.3 Å². The minimum Gasteiger partial charge on any atom is -0.462 e. The smallest absolute Gasteiger partial charge is 0.426 e. The molecule has 2 unspecified atom stereocenters. The van der Waals surface area contributed by atoms with Crippen LogP contribution >= 0.6 is 0 Å². The van der Waals surface area contributed by atoms with Gasteiger partial charge in [0.25, 0.3) is 5.60 Å². The van der Waals surface area contributed by atoms with Crippen LogP contribution in [0.1, 0.15) is 33.6 Å². The van der Waals surface area contributed by atoms with Gasteiger partial charge in [-0.05, 0) is 20.3 Å². The van der Waals surface area contributed by atoms with E-state index >= 15 is 0 Å². The number of esters is 1. The Morgan fingerprint density at radius 1 is 1.14 bits per heavy atom. The lowest BCUT2D eigenvalue weighted by Gasteiger charge is -2.34. The Labute approximate surface area is 123 Å². The maximum atomic E-state index is 12.5. The fourth-order valence-electron chi connectivity index (χ4n) is 1.50. The Kier molecular flexibility index (Phi) is 6.30. The maximum absolute atomic E-state index is 12.5. The van der Waals surface area contributed by atoms with Gasteiger partial charge < -0.3 is 14.9 Å². The van der Waals surface area contributed by atoms with Crippen molar-refractivity contribution in [1.29, 1.82) is 0 Å². The van der Waals surface area contributed by atoms with Crippen LogP contribution in [-0.4, -0.2) is 46.8 Å². The number of carbonyl (C=O) groups is 1. The molecule has 132 valence electrons. The lowest BCUT2D eigenvalue weighted by atomic mass is 9.88. The van der Waals surface area contributed by atoms with Gasteiger partial charge in [0.15, 0.2) is 0 Å². The molecule has 0 fully saturated rings. The number of halogens is 6. The third kappa shape index (κ3) is 4.25. The van der Waals surface area contributed by atoms with Crippen molar-refractivity contribution in [3.05, 3.63) is 0 Å². The summed E-state index contributed by atoms with van der Waals surface area (Å²) >= 11 is 0. The zero-order chi connectivity index (χ0) is 18.0. The minimum absolute atomic E-state index is 0.0673. The van der Waals surface area contributed by atoms with Gasteiger partial charge in [0.2, 0.25) is 0 Å². The first-order chi connectivity index (χ1) is 9.64. The summed E-state index contributed by atoms with van der Waals surface area (Å²) in [6.07, 6.45) is -15.6. The fraction of sp³-hybridized carbons (Fsp3) is 0.917. The Morgan fingerprint density at radius 2 is 1.55 bits per heavy atom. The number of hydrogen-bond acceptors (Lipinski definition) is 4. The first kappa shape index (κ1) is 21.0. The van der Waals surface area contributed by atoms with E-state index in [2.05, 4.69) is 4.74 Å². The third-order valence-electron chi connectivity index (χ3n) is 3.45. The van der Waals surface area contributed by atoms with E-state index in [9.17, 15) is 31.1 Å². The highest BCUT2D eigenvalue weighted by Crippen LogP contribution is 2.46. The molecule has 0 aromatic carbocycles. The van der Waals surface area contributed by atoms with Crippen molar-refractivity contribution < 1.29 is 46.1 Å². The zero-order valence-electron chi connectivity index (χ0n) is 12.2. The first-order valence-corrected chi connectivity index (χ1v) is 6.32. The predicted molar refractivity (Wildman–Crippen MR) is 62.7 cm³/mol. The first-order valence-electron chi connectivity index (χ1n) is 6.32. The quantitative estimate of drug-likeness (QED) is 0.576. The van der Waals surface area contributed by atoms with Gasteiger partial charge in [-0.2, -0.15) is 26.3 Å². The van der Waals surface area contributed by atoms with Crippen LogP contribution in [0.3, 0.4) is 0 Å². The van der Waals surface area contributed by atoms with Gasteiger partial charge in [0.05, 0.1) is 12.0 Å². The summed E-state index contributed by atoms with van der Waals surface area (Å²) in [5, 5.41) is 18.0. The van der Waals surface area contributed by atoms with Crippen LogP contribution < -0.4 is 0 Å². The Bertz CT molecular complexity index is 372. The molecule has 2 N–H and O–H groups in total. The molecule has 2 atom stereocenters. The summed E-state index contributed by atoms with van der Waals surface area (Å²) in [4.78, 5) is 11.7. The lowest BCUT2D eigenvalue weighted by molar-refractivity contribution is -0.373. The van der Waals surface area contributed by atoms with E-state index < -0.39 is 48.5 Å². The largest absolute Gasteiger partial charge is 0.462 e. The van der Waals surface area contributed by atoms with Crippen LogP contribution in [0.4, 0.5) is 26.3 Å².